The number of hydrogen-bond donors (Lipinski definition) is 0. The first-order valence-electron chi connectivity index (χ1n) is 5.95. The normalized spacial score (nSPS) is 11.3. The average molecular weight is 233 g/mol. The fourth-order valence-corrected chi connectivity index (χ4v) is 1.81. The predicted molar refractivity (Wildman–Crippen MR) is 69.5 cm³/mol. The number of ether oxygens (including phenoxy) is 1. The predicted octanol–water partition coefficient (Wildman–Crippen LogP) is 2.00. The molecule has 0 spiro atoms. The Bertz CT molecular complexity index is 490. The lowest BCUT2D eigenvalue weighted by atomic mass is 10.3. The first-order chi connectivity index (χ1) is 8.22. The Morgan fingerprint density at radius 1 is 1.29 bits per heavy atom. The van der Waals surface area contributed by atoms with Crippen LogP contribution in [0.25, 0.3) is 11.0 Å². The Kier molecular flexibility index (Phi) is 3.64. The van der Waals surface area contributed by atoms with Crippen LogP contribution in [-0.2, 0) is 6.54 Å². The second kappa shape index (κ2) is 5.19. The van der Waals surface area contributed by atoms with E-state index >= 15 is 0 Å². The van der Waals surface area contributed by atoms with Gasteiger partial charge in [-0.1, -0.05) is 12.1 Å². The van der Waals surface area contributed by atoms with Gasteiger partial charge in [-0.15, -0.1) is 0 Å². The SMILES string of the molecule is CCOc1nc2ccccc2n1CCN(C)C. The van der Waals surface area contributed by atoms with Crippen LogP contribution in [0.4, 0.5) is 0 Å². The fraction of sp³-hybridized carbons (Fsp3) is 0.462. The van der Waals surface area contributed by atoms with Crippen molar-refractivity contribution in [1.82, 2.24) is 14.5 Å². The van der Waals surface area contributed by atoms with Crippen LogP contribution in [0.3, 0.4) is 0 Å². The Labute approximate surface area is 102 Å². The molecule has 0 saturated carbocycles. The first kappa shape index (κ1) is 11.9. The molecular weight excluding hydrogens is 214 g/mol. The number of imidazole rings is 1. The standard InChI is InChI=1S/C13H19N3O/c1-4-17-13-14-11-7-5-6-8-12(11)16(13)10-9-15(2)3/h5-8H,4,9-10H2,1-3H3. The van der Waals surface area contributed by atoms with Crippen molar-refractivity contribution >= 4 is 11.0 Å². The van der Waals surface area contributed by atoms with Crippen LogP contribution in [0.2, 0.25) is 0 Å². The van der Waals surface area contributed by atoms with E-state index in [-0.39, 0.29) is 0 Å². The minimum absolute atomic E-state index is 0.644. The van der Waals surface area contributed by atoms with Crippen molar-refractivity contribution in [3.05, 3.63) is 24.3 Å². The lowest BCUT2D eigenvalue weighted by molar-refractivity contribution is 0.289. The van der Waals surface area contributed by atoms with Crippen molar-refractivity contribution in [3.8, 4) is 6.01 Å². The van der Waals surface area contributed by atoms with E-state index in [1.165, 1.54) is 0 Å². The van der Waals surface area contributed by atoms with Gasteiger partial charge in [0.25, 0.3) is 6.01 Å². The van der Waals surface area contributed by atoms with E-state index in [2.05, 4.69) is 34.6 Å². The van der Waals surface area contributed by atoms with Crippen molar-refractivity contribution in [3.63, 3.8) is 0 Å². The highest BCUT2D eigenvalue weighted by molar-refractivity contribution is 5.76. The van der Waals surface area contributed by atoms with Gasteiger partial charge in [0, 0.05) is 13.1 Å². The molecule has 4 heteroatoms. The number of hydrogen-bond acceptors (Lipinski definition) is 3. The van der Waals surface area contributed by atoms with E-state index in [1.54, 1.807) is 0 Å². The van der Waals surface area contributed by atoms with Crippen LogP contribution in [0, 0.1) is 0 Å². The smallest absolute Gasteiger partial charge is 0.297 e. The number of rotatable bonds is 5. The third-order valence-corrected chi connectivity index (χ3v) is 2.66. The molecule has 0 saturated heterocycles. The highest BCUT2D eigenvalue weighted by Gasteiger charge is 2.10. The molecule has 0 fully saturated rings. The molecule has 0 unspecified atom stereocenters. The molecule has 0 bridgehead atoms. The lowest BCUT2D eigenvalue weighted by Gasteiger charge is -2.12. The molecule has 0 aliphatic rings. The topological polar surface area (TPSA) is 30.3 Å². The van der Waals surface area contributed by atoms with Gasteiger partial charge in [0.1, 0.15) is 0 Å². The van der Waals surface area contributed by atoms with Gasteiger partial charge in [0.05, 0.1) is 17.6 Å². The average Bonchev–Trinajstić information content (AvgIpc) is 2.64. The Morgan fingerprint density at radius 2 is 2.06 bits per heavy atom. The van der Waals surface area contributed by atoms with Gasteiger partial charge >= 0.3 is 0 Å². The van der Waals surface area contributed by atoms with E-state index in [0.29, 0.717) is 6.61 Å². The first-order valence-corrected chi connectivity index (χ1v) is 5.95. The summed E-state index contributed by atoms with van der Waals surface area (Å²) in [4.78, 5) is 6.66. The Hall–Kier alpha value is -1.55. The zero-order valence-corrected chi connectivity index (χ0v) is 10.7. The summed E-state index contributed by atoms with van der Waals surface area (Å²) in [6.07, 6.45) is 0. The molecule has 4 nitrogen and oxygen atoms in total. The Morgan fingerprint density at radius 3 is 2.76 bits per heavy atom. The summed E-state index contributed by atoms with van der Waals surface area (Å²) in [5, 5.41) is 0. The Balaban J connectivity index is 2.37. The number of nitrogens with zero attached hydrogens (tertiary/aromatic N) is 3. The van der Waals surface area contributed by atoms with Crippen LogP contribution in [0.15, 0.2) is 24.3 Å². The molecule has 2 rings (SSSR count). The van der Waals surface area contributed by atoms with Crippen LogP contribution in [0.5, 0.6) is 6.01 Å². The van der Waals surface area contributed by atoms with Crippen LogP contribution < -0.4 is 4.74 Å². The maximum absolute atomic E-state index is 5.59. The summed E-state index contributed by atoms with van der Waals surface area (Å²) in [5.74, 6) is 0. The summed E-state index contributed by atoms with van der Waals surface area (Å²) in [5.41, 5.74) is 2.13. The van der Waals surface area contributed by atoms with Gasteiger partial charge in [-0.25, -0.2) is 0 Å². The van der Waals surface area contributed by atoms with E-state index in [4.69, 9.17) is 4.74 Å². The molecule has 2 aromatic rings. The van der Waals surface area contributed by atoms with Gasteiger partial charge in [-0.2, -0.15) is 4.98 Å². The summed E-state index contributed by atoms with van der Waals surface area (Å²) < 4.78 is 7.73. The van der Waals surface area contributed by atoms with Crippen molar-refractivity contribution in [2.75, 3.05) is 27.2 Å². The van der Waals surface area contributed by atoms with Crippen molar-refractivity contribution in [1.29, 1.82) is 0 Å². The molecule has 0 aliphatic heterocycles. The number of aromatic nitrogens is 2. The molecule has 0 radical (unpaired) electrons. The third-order valence-electron chi connectivity index (χ3n) is 2.66. The van der Waals surface area contributed by atoms with Gasteiger partial charge in [0.2, 0.25) is 0 Å². The summed E-state index contributed by atoms with van der Waals surface area (Å²) >= 11 is 0. The number of likely N-dealkylation sites (N-methyl/N-ethyl adjacent to an activating group) is 1. The highest BCUT2D eigenvalue weighted by Crippen LogP contribution is 2.21. The molecule has 1 heterocycles. The van der Waals surface area contributed by atoms with Crippen molar-refractivity contribution < 1.29 is 4.74 Å². The van der Waals surface area contributed by atoms with E-state index < -0.39 is 0 Å². The summed E-state index contributed by atoms with van der Waals surface area (Å²) in [6, 6.07) is 8.85. The van der Waals surface area contributed by atoms with Gasteiger partial charge in [-0.3, -0.25) is 4.57 Å². The lowest BCUT2D eigenvalue weighted by Crippen LogP contribution is -2.19. The van der Waals surface area contributed by atoms with E-state index in [0.717, 1.165) is 30.1 Å². The van der Waals surface area contributed by atoms with Crippen LogP contribution >= 0.6 is 0 Å². The van der Waals surface area contributed by atoms with Gasteiger partial charge in [0.15, 0.2) is 0 Å². The number of benzene rings is 1. The zero-order valence-electron chi connectivity index (χ0n) is 10.7. The fourth-order valence-electron chi connectivity index (χ4n) is 1.81. The van der Waals surface area contributed by atoms with Gasteiger partial charge in [-0.05, 0) is 33.2 Å². The molecule has 0 aliphatic carbocycles. The van der Waals surface area contributed by atoms with Crippen molar-refractivity contribution in [2.45, 2.75) is 13.5 Å². The minimum Gasteiger partial charge on any atom is -0.465 e. The molecule has 0 atom stereocenters. The highest BCUT2D eigenvalue weighted by atomic mass is 16.5. The molecule has 92 valence electrons. The largest absolute Gasteiger partial charge is 0.465 e. The summed E-state index contributed by atoms with van der Waals surface area (Å²) in [7, 11) is 4.14. The van der Waals surface area contributed by atoms with Crippen LogP contribution in [-0.4, -0.2) is 41.7 Å². The zero-order chi connectivity index (χ0) is 12.3. The molecule has 1 aromatic heterocycles. The number of fused-ring (bicyclic) bond motifs is 1. The molecular formula is C13H19N3O. The maximum atomic E-state index is 5.59. The second-order valence-electron chi connectivity index (χ2n) is 4.27. The van der Waals surface area contributed by atoms with Crippen LogP contribution in [0.1, 0.15) is 6.92 Å². The van der Waals surface area contributed by atoms with Crippen molar-refractivity contribution in [2.24, 2.45) is 0 Å². The molecule has 17 heavy (non-hydrogen) atoms. The third kappa shape index (κ3) is 2.58. The molecule has 0 amide bonds. The maximum Gasteiger partial charge on any atom is 0.297 e. The minimum atomic E-state index is 0.644. The van der Waals surface area contributed by atoms with Gasteiger partial charge < -0.3 is 9.64 Å². The quantitative estimate of drug-likeness (QED) is 0.791. The van der Waals surface area contributed by atoms with E-state index in [1.807, 2.05) is 25.1 Å². The molecule has 0 N–H and O–H groups in total. The second-order valence-corrected chi connectivity index (χ2v) is 4.27. The summed E-state index contributed by atoms with van der Waals surface area (Å²) in [6.45, 7) is 4.49. The number of para-hydroxylation sites is 2. The monoisotopic (exact) mass is 233 g/mol. The molecule has 1 aromatic carbocycles. The van der Waals surface area contributed by atoms with E-state index in [9.17, 15) is 0 Å².